The largest absolute Gasteiger partial charge is 0.368 e. The van der Waals surface area contributed by atoms with Gasteiger partial charge in [-0.25, -0.2) is 9.37 Å². The Balaban J connectivity index is 1.35. The number of carbonyl (C=O) groups is 1. The maximum atomic E-state index is 13.3. The van der Waals surface area contributed by atoms with Gasteiger partial charge in [0.15, 0.2) is 0 Å². The van der Waals surface area contributed by atoms with Crippen LogP contribution in [0.2, 0.25) is 0 Å². The summed E-state index contributed by atoms with van der Waals surface area (Å²) in [5.41, 5.74) is 2.10. The lowest BCUT2D eigenvalue weighted by Gasteiger charge is -2.36. The predicted molar refractivity (Wildman–Crippen MR) is 109 cm³/mol. The van der Waals surface area contributed by atoms with Gasteiger partial charge >= 0.3 is 0 Å². The number of aromatic nitrogens is 1. The van der Waals surface area contributed by atoms with Gasteiger partial charge in [-0.15, -0.1) is 0 Å². The van der Waals surface area contributed by atoms with Crippen molar-refractivity contribution in [1.82, 2.24) is 4.98 Å². The summed E-state index contributed by atoms with van der Waals surface area (Å²) in [6, 6.07) is 19.4. The maximum absolute atomic E-state index is 13.3. The van der Waals surface area contributed by atoms with Crippen molar-refractivity contribution in [3.63, 3.8) is 0 Å². The molecule has 2 aromatic carbocycles. The lowest BCUT2D eigenvalue weighted by molar-refractivity contribution is 0.102. The SMILES string of the molecule is O=C(Nc1ccc(N2CCN(c3ccccn3)CC2)cc1)c1cccc(F)c1. The quantitative estimate of drug-likeness (QED) is 0.753. The van der Waals surface area contributed by atoms with Crippen LogP contribution in [0.3, 0.4) is 0 Å². The van der Waals surface area contributed by atoms with E-state index >= 15 is 0 Å². The molecule has 4 rings (SSSR count). The molecule has 1 amide bonds. The molecule has 0 saturated carbocycles. The lowest BCUT2D eigenvalue weighted by atomic mass is 10.2. The standard InChI is InChI=1S/C22H21FN4O/c23-18-5-3-4-17(16-18)22(28)25-19-7-9-20(10-8-19)26-12-14-27(15-13-26)21-6-1-2-11-24-21/h1-11,16H,12-15H2,(H,25,28). The first-order valence-corrected chi connectivity index (χ1v) is 9.27. The molecule has 28 heavy (non-hydrogen) atoms. The average molecular weight is 376 g/mol. The summed E-state index contributed by atoms with van der Waals surface area (Å²) in [6.45, 7) is 3.64. The second kappa shape index (κ2) is 8.08. The zero-order valence-corrected chi connectivity index (χ0v) is 15.4. The number of hydrogen-bond acceptors (Lipinski definition) is 4. The minimum Gasteiger partial charge on any atom is -0.368 e. The van der Waals surface area contributed by atoms with Crippen molar-refractivity contribution in [2.75, 3.05) is 41.3 Å². The van der Waals surface area contributed by atoms with Crippen LogP contribution in [0.15, 0.2) is 72.9 Å². The third-order valence-electron chi connectivity index (χ3n) is 4.83. The molecule has 0 bridgehead atoms. The number of carbonyl (C=O) groups excluding carboxylic acids is 1. The number of piperazine rings is 1. The minimum atomic E-state index is -0.423. The van der Waals surface area contributed by atoms with Gasteiger partial charge in [0.1, 0.15) is 11.6 Å². The molecule has 5 nitrogen and oxygen atoms in total. The van der Waals surface area contributed by atoms with E-state index in [9.17, 15) is 9.18 Å². The average Bonchev–Trinajstić information content (AvgIpc) is 2.75. The fourth-order valence-electron chi connectivity index (χ4n) is 3.32. The number of hydrogen-bond donors (Lipinski definition) is 1. The molecule has 2 heterocycles. The van der Waals surface area contributed by atoms with Crippen LogP contribution in [0, 0.1) is 5.82 Å². The molecular weight excluding hydrogens is 355 g/mol. The van der Waals surface area contributed by atoms with Crippen molar-refractivity contribution in [3.8, 4) is 0 Å². The lowest BCUT2D eigenvalue weighted by Crippen LogP contribution is -2.46. The Kier molecular flexibility index (Phi) is 5.19. The van der Waals surface area contributed by atoms with E-state index in [2.05, 4.69) is 20.1 Å². The highest BCUT2D eigenvalue weighted by molar-refractivity contribution is 6.04. The smallest absolute Gasteiger partial charge is 0.255 e. The number of nitrogens with zero attached hydrogens (tertiary/aromatic N) is 3. The summed E-state index contributed by atoms with van der Waals surface area (Å²) in [5.74, 6) is 0.265. The van der Waals surface area contributed by atoms with Crippen molar-refractivity contribution in [3.05, 3.63) is 84.3 Å². The fourth-order valence-corrected chi connectivity index (χ4v) is 3.32. The zero-order chi connectivity index (χ0) is 19.3. The summed E-state index contributed by atoms with van der Waals surface area (Å²) in [7, 11) is 0. The molecule has 1 N–H and O–H groups in total. The van der Waals surface area contributed by atoms with E-state index in [1.807, 2.05) is 48.7 Å². The van der Waals surface area contributed by atoms with E-state index in [4.69, 9.17) is 0 Å². The van der Waals surface area contributed by atoms with E-state index in [0.29, 0.717) is 11.3 Å². The third-order valence-corrected chi connectivity index (χ3v) is 4.83. The fraction of sp³-hybridized carbons (Fsp3) is 0.182. The number of amides is 1. The van der Waals surface area contributed by atoms with Crippen LogP contribution in [0.1, 0.15) is 10.4 Å². The minimum absolute atomic E-state index is 0.301. The van der Waals surface area contributed by atoms with Gasteiger partial charge in [0, 0.05) is 49.3 Å². The van der Waals surface area contributed by atoms with Crippen molar-refractivity contribution >= 4 is 23.1 Å². The topological polar surface area (TPSA) is 48.5 Å². The van der Waals surface area contributed by atoms with Gasteiger partial charge in [-0.2, -0.15) is 0 Å². The Labute approximate surface area is 163 Å². The summed E-state index contributed by atoms with van der Waals surface area (Å²) in [4.78, 5) is 21.2. The highest BCUT2D eigenvalue weighted by Crippen LogP contribution is 2.21. The number of pyridine rings is 1. The first kappa shape index (κ1) is 18.0. The van der Waals surface area contributed by atoms with Crippen LogP contribution in [-0.2, 0) is 0 Å². The molecule has 0 aliphatic carbocycles. The van der Waals surface area contributed by atoms with Gasteiger partial charge in [0.2, 0.25) is 0 Å². The first-order valence-electron chi connectivity index (χ1n) is 9.27. The van der Waals surface area contributed by atoms with E-state index in [1.165, 1.54) is 18.2 Å². The van der Waals surface area contributed by atoms with E-state index < -0.39 is 5.82 Å². The summed E-state index contributed by atoms with van der Waals surface area (Å²) in [5, 5.41) is 2.80. The van der Waals surface area contributed by atoms with Crippen LogP contribution >= 0.6 is 0 Å². The Morgan fingerprint density at radius 1 is 0.893 bits per heavy atom. The first-order chi connectivity index (χ1) is 13.7. The van der Waals surface area contributed by atoms with Crippen molar-refractivity contribution in [2.45, 2.75) is 0 Å². The third kappa shape index (κ3) is 4.11. The second-order valence-electron chi connectivity index (χ2n) is 6.67. The molecule has 3 aromatic rings. The monoisotopic (exact) mass is 376 g/mol. The van der Waals surface area contributed by atoms with Crippen molar-refractivity contribution < 1.29 is 9.18 Å². The molecule has 0 spiro atoms. The van der Waals surface area contributed by atoms with Crippen LogP contribution in [0.25, 0.3) is 0 Å². The molecular formula is C22H21FN4O. The predicted octanol–water partition coefficient (Wildman–Crippen LogP) is 3.80. The number of nitrogens with one attached hydrogen (secondary N) is 1. The molecule has 1 saturated heterocycles. The van der Waals surface area contributed by atoms with E-state index in [-0.39, 0.29) is 5.91 Å². The van der Waals surface area contributed by atoms with Gasteiger partial charge in [-0.1, -0.05) is 12.1 Å². The highest BCUT2D eigenvalue weighted by atomic mass is 19.1. The Bertz CT molecular complexity index is 938. The summed E-state index contributed by atoms with van der Waals surface area (Å²) in [6.07, 6.45) is 1.82. The van der Waals surface area contributed by atoms with Gasteiger partial charge < -0.3 is 15.1 Å². The Hall–Kier alpha value is -3.41. The van der Waals surface area contributed by atoms with Crippen LogP contribution in [0.5, 0.6) is 0 Å². The van der Waals surface area contributed by atoms with Crippen LogP contribution < -0.4 is 15.1 Å². The number of benzene rings is 2. The molecule has 0 atom stereocenters. The molecule has 142 valence electrons. The second-order valence-corrected chi connectivity index (χ2v) is 6.67. The van der Waals surface area contributed by atoms with Crippen molar-refractivity contribution in [1.29, 1.82) is 0 Å². The molecule has 1 aliphatic rings. The molecule has 0 radical (unpaired) electrons. The molecule has 1 aromatic heterocycles. The van der Waals surface area contributed by atoms with Crippen LogP contribution in [-0.4, -0.2) is 37.1 Å². The molecule has 1 aliphatic heterocycles. The van der Waals surface area contributed by atoms with Crippen molar-refractivity contribution in [2.24, 2.45) is 0 Å². The van der Waals surface area contributed by atoms with Gasteiger partial charge in [-0.3, -0.25) is 4.79 Å². The summed E-state index contributed by atoms with van der Waals surface area (Å²) >= 11 is 0. The number of rotatable bonds is 4. The number of anilines is 3. The van der Waals surface area contributed by atoms with Gasteiger partial charge in [0.25, 0.3) is 5.91 Å². The van der Waals surface area contributed by atoms with E-state index in [1.54, 1.807) is 6.07 Å². The van der Waals surface area contributed by atoms with Gasteiger partial charge in [0.05, 0.1) is 0 Å². The number of halogens is 1. The normalized spacial score (nSPS) is 14.0. The van der Waals surface area contributed by atoms with Crippen LogP contribution in [0.4, 0.5) is 21.6 Å². The zero-order valence-electron chi connectivity index (χ0n) is 15.4. The Morgan fingerprint density at radius 3 is 2.32 bits per heavy atom. The van der Waals surface area contributed by atoms with Gasteiger partial charge in [-0.05, 0) is 54.6 Å². The molecule has 0 unspecified atom stereocenters. The highest BCUT2D eigenvalue weighted by Gasteiger charge is 2.18. The molecule has 6 heteroatoms. The van der Waals surface area contributed by atoms with E-state index in [0.717, 1.165) is 37.7 Å². The molecule has 1 fully saturated rings. The summed E-state index contributed by atoms with van der Waals surface area (Å²) < 4.78 is 13.3. The Morgan fingerprint density at radius 2 is 1.64 bits per heavy atom. The maximum Gasteiger partial charge on any atom is 0.255 e.